The molecule has 10 heteroatoms. The van der Waals surface area contributed by atoms with Gasteiger partial charge in [-0.05, 0) is 44.0 Å². The van der Waals surface area contributed by atoms with Crippen molar-refractivity contribution in [2.24, 2.45) is 11.7 Å². The molecule has 0 unspecified atom stereocenters. The molecule has 2 aromatic heterocycles. The molecule has 0 bridgehead atoms. The van der Waals surface area contributed by atoms with Gasteiger partial charge >= 0.3 is 0 Å². The Balaban J connectivity index is 1.47. The van der Waals surface area contributed by atoms with E-state index in [9.17, 15) is 14.0 Å². The van der Waals surface area contributed by atoms with Crippen molar-refractivity contribution in [2.45, 2.75) is 19.8 Å². The van der Waals surface area contributed by atoms with E-state index in [1.54, 1.807) is 24.5 Å². The number of aromatic nitrogens is 3. The summed E-state index contributed by atoms with van der Waals surface area (Å²) in [6.45, 7) is 3.71. The van der Waals surface area contributed by atoms with Gasteiger partial charge in [0.1, 0.15) is 5.82 Å². The van der Waals surface area contributed by atoms with Crippen LogP contribution in [0.15, 0.2) is 42.7 Å². The quantitative estimate of drug-likeness (QED) is 0.424. The van der Waals surface area contributed by atoms with Crippen molar-refractivity contribution < 1.29 is 14.0 Å². The molecule has 1 aromatic carbocycles. The van der Waals surface area contributed by atoms with Crippen LogP contribution >= 0.6 is 0 Å². The van der Waals surface area contributed by atoms with Gasteiger partial charge in [0.05, 0.1) is 17.1 Å². The summed E-state index contributed by atoms with van der Waals surface area (Å²) in [7, 11) is 0. The number of benzene rings is 1. The SMILES string of the molecule is Cc1cc(-c2c[nH]c(C(=O)Nc3cccc(F)c3N3CCC(C(=O)NCCN)CC3)n2)ccn1. The number of para-hydroxylation sites is 1. The fraction of sp³-hybridized carbons (Fsp3) is 0.333. The van der Waals surface area contributed by atoms with Crippen LogP contribution < -0.4 is 21.3 Å². The number of rotatable bonds is 7. The lowest BCUT2D eigenvalue weighted by Crippen LogP contribution is -2.42. The number of amides is 2. The average Bonchev–Trinajstić information content (AvgIpc) is 3.34. The molecule has 1 fully saturated rings. The van der Waals surface area contributed by atoms with Gasteiger partial charge in [-0.1, -0.05) is 6.07 Å². The molecule has 0 aliphatic carbocycles. The third-order valence-electron chi connectivity index (χ3n) is 5.85. The number of piperidine rings is 1. The number of halogens is 1. The zero-order valence-electron chi connectivity index (χ0n) is 19.0. The highest BCUT2D eigenvalue weighted by atomic mass is 19.1. The molecule has 0 atom stereocenters. The number of nitrogens with two attached hydrogens (primary N) is 1. The second-order valence-electron chi connectivity index (χ2n) is 8.25. The van der Waals surface area contributed by atoms with Crippen molar-refractivity contribution in [1.29, 1.82) is 0 Å². The molecular formula is C24H28FN7O2. The van der Waals surface area contributed by atoms with Crippen molar-refractivity contribution >= 4 is 23.2 Å². The minimum Gasteiger partial charge on any atom is -0.367 e. The largest absolute Gasteiger partial charge is 0.367 e. The number of aromatic amines is 1. The number of pyridine rings is 1. The van der Waals surface area contributed by atoms with Gasteiger partial charge in [0.15, 0.2) is 5.82 Å². The summed E-state index contributed by atoms with van der Waals surface area (Å²) in [4.78, 5) is 38.4. The average molecular weight is 466 g/mol. The fourth-order valence-electron chi connectivity index (χ4n) is 4.11. The number of aryl methyl sites for hydroxylation is 1. The Kier molecular flexibility index (Phi) is 7.17. The lowest BCUT2D eigenvalue weighted by Gasteiger charge is -2.34. The maximum absolute atomic E-state index is 14.9. The first-order valence-electron chi connectivity index (χ1n) is 11.3. The Hall–Kier alpha value is -3.79. The number of hydrogen-bond donors (Lipinski definition) is 4. The van der Waals surface area contributed by atoms with Crippen molar-refractivity contribution in [1.82, 2.24) is 20.3 Å². The number of anilines is 2. The molecule has 1 aliphatic heterocycles. The number of hydrogen-bond acceptors (Lipinski definition) is 6. The van der Waals surface area contributed by atoms with Crippen molar-refractivity contribution in [3.05, 3.63) is 60.1 Å². The lowest BCUT2D eigenvalue weighted by atomic mass is 9.95. The molecule has 0 saturated carbocycles. The molecule has 4 rings (SSSR count). The molecule has 3 aromatic rings. The number of nitrogens with one attached hydrogen (secondary N) is 3. The van der Waals surface area contributed by atoms with Crippen molar-refractivity contribution in [2.75, 3.05) is 36.4 Å². The second-order valence-corrected chi connectivity index (χ2v) is 8.25. The maximum atomic E-state index is 14.9. The molecule has 2 amide bonds. The smallest absolute Gasteiger partial charge is 0.291 e. The summed E-state index contributed by atoms with van der Waals surface area (Å²) in [5.41, 5.74) is 8.42. The maximum Gasteiger partial charge on any atom is 0.291 e. The zero-order chi connectivity index (χ0) is 24.1. The third kappa shape index (κ3) is 5.23. The van der Waals surface area contributed by atoms with Gasteiger partial charge in [0, 0.05) is 55.7 Å². The van der Waals surface area contributed by atoms with Gasteiger partial charge in [-0.15, -0.1) is 0 Å². The standard InChI is InChI=1S/C24H28FN7O2/c1-15-13-17(5-9-27-15)20-14-29-22(30-20)24(34)31-19-4-2-3-18(25)21(19)32-11-6-16(7-12-32)23(33)28-10-8-26/h2-5,9,13-14,16H,6-8,10-12,26H2,1H3,(H,28,33)(H,29,30)(H,31,34). The van der Waals surface area contributed by atoms with Crippen LogP contribution in [0.1, 0.15) is 29.2 Å². The number of carbonyl (C=O) groups excluding carboxylic acids is 2. The van der Waals surface area contributed by atoms with Gasteiger partial charge in [-0.25, -0.2) is 9.37 Å². The van der Waals surface area contributed by atoms with E-state index in [2.05, 4.69) is 25.6 Å². The second kappa shape index (κ2) is 10.4. The van der Waals surface area contributed by atoms with Gasteiger partial charge in [-0.3, -0.25) is 14.6 Å². The number of carbonyl (C=O) groups is 2. The Labute approximate surface area is 197 Å². The molecule has 0 radical (unpaired) electrons. The van der Waals surface area contributed by atoms with E-state index in [-0.39, 0.29) is 17.6 Å². The monoisotopic (exact) mass is 465 g/mol. The molecule has 3 heterocycles. The van der Waals surface area contributed by atoms with Crippen LogP contribution in [0.4, 0.5) is 15.8 Å². The lowest BCUT2D eigenvalue weighted by molar-refractivity contribution is -0.125. The topological polar surface area (TPSA) is 129 Å². The molecule has 1 saturated heterocycles. The van der Waals surface area contributed by atoms with E-state index in [0.717, 1.165) is 11.3 Å². The highest BCUT2D eigenvalue weighted by Gasteiger charge is 2.28. The van der Waals surface area contributed by atoms with Gasteiger partial charge in [-0.2, -0.15) is 0 Å². The van der Waals surface area contributed by atoms with Crippen LogP contribution in [-0.2, 0) is 4.79 Å². The summed E-state index contributed by atoms with van der Waals surface area (Å²) in [5.74, 6) is -0.942. The van der Waals surface area contributed by atoms with Gasteiger partial charge in [0.25, 0.3) is 5.91 Å². The first-order chi connectivity index (χ1) is 16.5. The zero-order valence-corrected chi connectivity index (χ0v) is 19.0. The van der Waals surface area contributed by atoms with E-state index in [1.165, 1.54) is 6.07 Å². The first kappa shape index (κ1) is 23.4. The van der Waals surface area contributed by atoms with Crippen molar-refractivity contribution in [3.8, 4) is 11.3 Å². The number of imidazole rings is 1. The summed E-state index contributed by atoms with van der Waals surface area (Å²) in [6.07, 6.45) is 4.51. The summed E-state index contributed by atoms with van der Waals surface area (Å²) in [6, 6.07) is 8.26. The summed E-state index contributed by atoms with van der Waals surface area (Å²) in [5, 5.41) is 5.60. The molecule has 34 heavy (non-hydrogen) atoms. The highest BCUT2D eigenvalue weighted by Crippen LogP contribution is 2.33. The molecule has 9 nitrogen and oxygen atoms in total. The molecule has 5 N–H and O–H groups in total. The van der Waals surface area contributed by atoms with Crippen LogP contribution in [-0.4, -0.2) is 52.9 Å². The Morgan fingerprint density at radius 1 is 1.26 bits per heavy atom. The molecular weight excluding hydrogens is 437 g/mol. The van der Waals surface area contributed by atoms with Crippen LogP contribution in [0.25, 0.3) is 11.3 Å². The van der Waals surface area contributed by atoms with E-state index in [0.29, 0.717) is 56.1 Å². The van der Waals surface area contributed by atoms with E-state index >= 15 is 0 Å². The third-order valence-corrected chi connectivity index (χ3v) is 5.85. The van der Waals surface area contributed by atoms with E-state index in [1.807, 2.05) is 24.0 Å². The first-order valence-corrected chi connectivity index (χ1v) is 11.3. The van der Waals surface area contributed by atoms with E-state index < -0.39 is 11.7 Å². The minimum absolute atomic E-state index is 0.0230. The van der Waals surface area contributed by atoms with Crippen molar-refractivity contribution in [3.63, 3.8) is 0 Å². The normalized spacial score (nSPS) is 14.1. The number of nitrogens with zero attached hydrogens (tertiary/aromatic N) is 3. The number of H-pyrrole nitrogens is 1. The van der Waals surface area contributed by atoms with Gasteiger partial charge < -0.3 is 26.3 Å². The van der Waals surface area contributed by atoms with Crippen LogP contribution in [0.2, 0.25) is 0 Å². The minimum atomic E-state index is -0.472. The molecule has 1 aliphatic rings. The molecule has 0 spiro atoms. The summed E-state index contributed by atoms with van der Waals surface area (Å²) < 4.78 is 14.9. The molecule has 178 valence electrons. The highest BCUT2D eigenvalue weighted by molar-refractivity contribution is 6.04. The predicted octanol–water partition coefficient (Wildman–Crippen LogP) is 2.46. The summed E-state index contributed by atoms with van der Waals surface area (Å²) >= 11 is 0. The Morgan fingerprint density at radius 3 is 2.79 bits per heavy atom. The van der Waals surface area contributed by atoms with Crippen LogP contribution in [0.3, 0.4) is 0 Å². The fourth-order valence-corrected chi connectivity index (χ4v) is 4.11. The van der Waals surface area contributed by atoms with Gasteiger partial charge in [0.2, 0.25) is 5.91 Å². The Bertz CT molecular complexity index is 1170. The van der Waals surface area contributed by atoms with Crippen LogP contribution in [0.5, 0.6) is 0 Å². The predicted molar refractivity (Wildman–Crippen MR) is 128 cm³/mol. The van der Waals surface area contributed by atoms with E-state index in [4.69, 9.17) is 5.73 Å². The Morgan fingerprint density at radius 2 is 2.06 bits per heavy atom. The van der Waals surface area contributed by atoms with Crippen LogP contribution in [0, 0.1) is 18.7 Å².